The zero-order valence-electron chi connectivity index (χ0n) is 18.2. The average molecular weight is 407 g/mol. The van der Waals surface area contributed by atoms with Crippen LogP contribution in [0.5, 0.6) is 0 Å². The van der Waals surface area contributed by atoms with Crippen LogP contribution in [-0.2, 0) is 4.79 Å². The van der Waals surface area contributed by atoms with Crippen LogP contribution in [0, 0.1) is 26.7 Å². The largest absolute Gasteiger partial charge is 0.443 e. The maximum atomic E-state index is 12.7. The van der Waals surface area contributed by atoms with Gasteiger partial charge in [0.25, 0.3) is 0 Å². The number of nitrogens with one attached hydrogen (secondary N) is 1. The molecule has 1 N–H and O–H groups in total. The highest BCUT2D eigenvalue weighted by Crippen LogP contribution is 2.33. The summed E-state index contributed by atoms with van der Waals surface area (Å²) < 4.78 is 5.82. The second kappa shape index (κ2) is 8.46. The Labute approximate surface area is 177 Å². The van der Waals surface area contributed by atoms with E-state index in [1.54, 1.807) is 0 Å². The molecule has 1 fully saturated rings. The van der Waals surface area contributed by atoms with E-state index in [1.165, 1.54) is 5.56 Å². The molecule has 3 aromatic rings. The molecule has 4 rings (SSSR count). The molecule has 2 aromatic heterocycles. The number of aryl methyl sites for hydroxylation is 3. The molecule has 0 bridgehead atoms. The summed E-state index contributed by atoms with van der Waals surface area (Å²) in [7, 11) is 0. The molecule has 6 heteroatoms. The van der Waals surface area contributed by atoms with Crippen molar-refractivity contribution in [3.63, 3.8) is 0 Å². The lowest BCUT2D eigenvalue weighted by Gasteiger charge is -2.32. The summed E-state index contributed by atoms with van der Waals surface area (Å²) in [6, 6.07) is 10.3. The molecular weight excluding hydrogens is 376 g/mol. The van der Waals surface area contributed by atoms with Crippen molar-refractivity contribution in [3.8, 4) is 0 Å². The summed E-state index contributed by atoms with van der Waals surface area (Å²) >= 11 is 0. The molecule has 1 amide bonds. The van der Waals surface area contributed by atoms with Gasteiger partial charge in [-0.15, -0.1) is 0 Å². The molecule has 1 aliphatic rings. The molecule has 0 saturated carbocycles. The first-order chi connectivity index (χ1) is 14.4. The zero-order valence-corrected chi connectivity index (χ0v) is 18.2. The van der Waals surface area contributed by atoms with Crippen molar-refractivity contribution in [2.24, 2.45) is 5.92 Å². The number of hydrogen-bond donors (Lipinski definition) is 1. The Balaban J connectivity index is 1.38. The van der Waals surface area contributed by atoms with Gasteiger partial charge in [-0.2, -0.15) is 4.98 Å². The van der Waals surface area contributed by atoms with E-state index < -0.39 is 0 Å². The van der Waals surface area contributed by atoms with E-state index in [4.69, 9.17) is 9.40 Å². The number of amides is 1. The second-order valence-corrected chi connectivity index (χ2v) is 8.38. The number of aromatic nitrogens is 2. The number of carbonyl (C=O) groups excluding carboxylic acids is 1. The van der Waals surface area contributed by atoms with Crippen LogP contribution < -0.4 is 10.2 Å². The van der Waals surface area contributed by atoms with Crippen molar-refractivity contribution >= 4 is 22.8 Å². The molecule has 30 heavy (non-hydrogen) atoms. The number of benzene rings is 1. The number of anilines is 1. The van der Waals surface area contributed by atoms with E-state index in [1.807, 2.05) is 32.0 Å². The van der Waals surface area contributed by atoms with Crippen LogP contribution in [0.15, 0.2) is 34.7 Å². The molecule has 1 saturated heterocycles. The van der Waals surface area contributed by atoms with Crippen molar-refractivity contribution < 1.29 is 9.21 Å². The number of rotatable bonds is 5. The van der Waals surface area contributed by atoms with Gasteiger partial charge in [0, 0.05) is 31.1 Å². The van der Waals surface area contributed by atoms with Crippen LogP contribution in [-0.4, -0.2) is 35.5 Å². The molecule has 0 unspecified atom stereocenters. The van der Waals surface area contributed by atoms with Gasteiger partial charge in [0.2, 0.25) is 11.6 Å². The Bertz CT molecular complexity index is 1040. The van der Waals surface area contributed by atoms with Gasteiger partial charge < -0.3 is 14.6 Å². The van der Waals surface area contributed by atoms with E-state index in [9.17, 15) is 4.79 Å². The monoisotopic (exact) mass is 406 g/mol. The molecule has 3 heterocycles. The number of nitrogens with zero attached hydrogens (tertiary/aromatic N) is 3. The number of fused-ring (bicyclic) bond motifs is 1. The Hall–Kier alpha value is -2.89. The summed E-state index contributed by atoms with van der Waals surface area (Å²) in [5, 5.41) is 4.16. The third kappa shape index (κ3) is 4.04. The third-order valence-corrected chi connectivity index (χ3v) is 6.24. The minimum Gasteiger partial charge on any atom is -0.443 e. The SMILES string of the molecule is Cc1nc(N2CCC(C(=O)NC[C@@H](C)c3ccccc3)CC2)c2c(C)c(C)oc2n1. The lowest BCUT2D eigenvalue weighted by atomic mass is 9.95. The van der Waals surface area contributed by atoms with Gasteiger partial charge in [-0.05, 0) is 45.1 Å². The van der Waals surface area contributed by atoms with Crippen LogP contribution in [0.1, 0.15) is 48.4 Å². The first-order valence-corrected chi connectivity index (χ1v) is 10.8. The van der Waals surface area contributed by atoms with Gasteiger partial charge in [0.1, 0.15) is 17.4 Å². The molecule has 158 valence electrons. The maximum absolute atomic E-state index is 12.7. The third-order valence-electron chi connectivity index (χ3n) is 6.24. The van der Waals surface area contributed by atoms with E-state index in [0.29, 0.717) is 24.0 Å². The number of piperidine rings is 1. The summed E-state index contributed by atoms with van der Waals surface area (Å²) in [6.45, 7) is 10.3. The quantitative estimate of drug-likeness (QED) is 0.685. The standard InChI is InChI=1S/C24H30N4O2/c1-15(19-8-6-5-7-9-19)14-25-23(29)20-10-12-28(13-11-20)22-21-16(2)17(3)30-24(21)27-18(4)26-22/h5-9,15,20H,10-14H2,1-4H3,(H,25,29)/t15-/m1/s1. The molecule has 0 aliphatic carbocycles. The minimum absolute atomic E-state index is 0.0508. The first-order valence-electron chi connectivity index (χ1n) is 10.8. The molecule has 1 aliphatic heterocycles. The Kier molecular flexibility index (Phi) is 5.75. The van der Waals surface area contributed by atoms with Gasteiger partial charge in [0.15, 0.2) is 0 Å². The predicted octanol–water partition coefficient (Wildman–Crippen LogP) is 4.28. The maximum Gasteiger partial charge on any atom is 0.231 e. The Morgan fingerprint density at radius 1 is 1.17 bits per heavy atom. The van der Waals surface area contributed by atoms with Gasteiger partial charge in [-0.25, -0.2) is 4.98 Å². The number of hydrogen-bond acceptors (Lipinski definition) is 5. The van der Waals surface area contributed by atoms with Crippen LogP contribution in [0.25, 0.3) is 11.1 Å². The zero-order chi connectivity index (χ0) is 21.3. The summed E-state index contributed by atoms with van der Waals surface area (Å²) in [5.41, 5.74) is 3.00. The number of carbonyl (C=O) groups is 1. The van der Waals surface area contributed by atoms with E-state index in [0.717, 1.165) is 48.5 Å². The van der Waals surface area contributed by atoms with Gasteiger partial charge >= 0.3 is 0 Å². The first kappa shape index (κ1) is 20.4. The fraction of sp³-hybridized carbons (Fsp3) is 0.458. The van der Waals surface area contributed by atoms with Crippen LogP contribution in [0.3, 0.4) is 0 Å². The van der Waals surface area contributed by atoms with Crippen molar-refractivity contribution in [2.45, 2.75) is 46.5 Å². The van der Waals surface area contributed by atoms with Gasteiger partial charge in [-0.3, -0.25) is 4.79 Å². The molecule has 0 spiro atoms. The lowest BCUT2D eigenvalue weighted by Crippen LogP contribution is -2.41. The smallest absolute Gasteiger partial charge is 0.231 e. The van der Waals surface area contributed by atoms with Crippen molar-refractivity contribution in [1.82, 2.24) is 15.3 Å². The predicted molar refractivity (Wildman–Crippen MR) is 119 cm³/mol. The molecule has 1 atom stereocenters. The minimum atomic E-state index is 0.0508. The normalized spacial score (nSPS) is 16.1. The van der Waals surface area contributed by atoms with Crippen molar-refractivity contribution in [2.75, 3.05) is 24.5 Å². The average Bonchev–Trinajstić information content (AvgIpc) is 3.05. The van der Waals surface area contributed by atoms with Crippen molar-refractivity contribution in [1.29, 1.82) is 0 Å². The highest BCUT2D eigenvalue weighted by molar-refractivity contribution is 5.90. The van der Waals surface area contributed by atoms with Gasteiger partial charge in [-0.1, -0.05) is 37.3 Å². The number of furan rings is 1. The molecular formula is C24H30N4O2. The molecule has 6 nitrogen and oxygen atoms in total. The van der Waals surface area contributed by atoms with Crippen LogP contribution >= 0.6 is 0 Å². The lowest BCUT2D eigenvalue weighted by molar-refractivity contribution is -0.125. The van der Waals surface area contributed by atoms with Crippen LogP contribution in [0.4, 0.5) is 5.82 Å². The summed E-state index contributed by atoms with van der Waals surface area (Å²) in [5.74, 6) is 3.05. The summed E-state index contributed by atoms with van der Waals surface area (Å²) in [4.78, 5) is 24.2. The fourth-order valence-corrected chi connectivity index (χ4v) is 4.21. The van der Waals surface area contributed by atoms with E-state index >= 15 is 0 Å². The van der Waals surface area contributed by atoms with E-state index in [-0.39, 0.29) is 11.8 Å². The Morgan fingerprint density at radius 3 is 2.57 bits per heavy atom. The van der Waals surface area contributed by atoms with E-state index in [2.05, 4.69) is 41.2 Å². The van der Waals surface area contributed by atoms with Crippen LogP contribution in [0.2, 0.25) is 0 Å². The molecule has 0 radical (unpaired) electrons. The second-order valence-electron chi connectivity index (χ2n) is 8.38. The fourth-order valence-electron chi connectivity index (χ4n) is 4.21. The highest BCUT2D eigenvalue weighted by atomic mass is 16.3. The Morgan fingerprint density at radius 2 is 1.87 bits per heavy atom. The summed E-state index contributed by atoms with van der Waals surface area (Å²) in [6.07, 6.45) is 1.65. The topological polar surface area (TPSA) is 71.3 Å². The molecule has 1 aromatic carbocycles. The highest BCUT2D eigenvalue weighted by Gasteiger charge is 2.28. The van der Waals surface area contributed by atoms with Gasteiger partial charge in [0.05, 0.1) is 5.39 Å². The van der Waals surface area contributed by atoms with Crippen molar-refractivity contribution in [3.05, 3.63) is 53.0 Å².